The zero-order valence-electron chi connectivity index (χ0n) is 19.6. The molecule has 2 aromatic heterocycles. The van der Waals surface area contributed by atoms with Gasteiger partial charge in [0.25, 0.3) is 0 Å². The van der Waals surface area contributed by atoms with Gasteiger partial charge in [0.05, 0.1) is 11.3 Å². The number of aryl methyl sites for hydroxylation is 2. The van der Waals surface area contributed by atoms with E-state index >= 15 is 0 Å². The highest BCUT2D eigenvalue weighted by Crippen LogP contribution is 2.33. The van der Waals surface area contributed by atoms with Crippen LogP contribution in [0.5, 0.6) is 5.75 Å². The second kappa shape index (κ2) is 9.25. The third kappa shape index (κ3) is 4.95. The van der Waals surface area contributed by atoms with E-state index in [-0.39, 0.29) is 0 Å². The fraction of sp³-hybridized carbons (Fsp3) is 0.462. The van der Waals surface area contributed by atoms with E-state index in [1.54, 1.807) is 12.4 Å². The summed E-state index contributed by atoms with van der Waals surface area (Å²) in [6.45, 7) is 8.05. The van der Waals surface area contributed by atoms with E-state index in [1.165, 1.54) is 16.7 Å². The van der Waals surface area contributed by atoms with Crippen molar-refractivity contribution < 1.29 is 9.84 Å². The largest absolute Gasteiger partial charge is 0.492 e. The van der Waals surface area contributed by atoms with Crippen LogP contribution in [-0.2, 0) is 32.3 Å². The fourth-order valence-corrected chi connectivity index (χ4v) is 5.05. The lowest BCUT2D eigenvalue weighted by molar-refractivity contribution is -0.0279. The van der Waals surface area contributed by atoms with E-state index in [0.717, 1.165) is 69.1 Å². The van der Waals surface area contributed by atoms with E-state index in [9.17, 15) is 5.11 Å². The third-order valence-corrected chi connectivity index (χ3v) is 6.98. The molecule has 0 atom stereocenters. The first-order chi connectivity index (χ1) is 16.0. The van der Waals surface area contributed by atoms with Gasteiger partial charge < -0.3 is 9.84 Å². The normalized spacial score (nSPS) is 19.0. The van der Waals surface area contributed by atoms with Crippen molar-refractivity contribution in [3.05, 3.63) is 76.9 Å². The Morgan fingerprint density at radius 1 is 1.09 bits per heavy atom. The minimum atomic E-state index is -0.767. The fourth-order valence-electron chi connectivity index (χ4n) is 5.05. The van der Waals surface area contributed by atoms with Crippen LogP contribution in [0.2, 0.25) is 0 Å². The van der Waals surface area contributed by atoms with Gasteiger partial charge >= 0.3 is 0 Å². The molecule has 7 nitrogen and oxygen atoms in total. The molecule has 0 radical (unpaired) electrons. The highest BCUT2D eigenvalue weighted by molar-refractivity contribution is 5.38. The van der Waals surface area contributed by atoms with Crippen LogP contribution in [0.3, 0.4) is 0 Å². The van der Waals surface area contributed by atoms with Crippen LogP contribution in [-0.4, -0.2) is 55.9 Å². The Morgan fingerprint density at radius 3 is 2.67 bits per heavy atom. The van der Waals surface area contributed by atoms with Crippen molar-refractivity contribution in [1.29, 1.82) is 0 Å². The molecular formula is C26H33N5O2. The van der Waals surface area contributed by atoms with Crippen LogP contribution in [0.1, 0.15) is 40.8 Å². The van der Waals surface area contributed by atoms with Crippen molar-refractivity contribution >= 4 is 0 Å². The first-order valence-corrected chi connectivity index (χ1v) is 11.8. The van der Waals surface area contributed by atoms with Crippen molar-refractivity contribution in [2.24, 2.45) is 7.05 Å². The number of benzene rings is 1. The predicted octanol–water partition coefficient (Wildman–Crippen LogP) is 3.00. The molecule has 5 rings (SSSR count). The van der Waals surface area contributed by atoms with Gasteiger partial charge in [-0.25, -0.2) is 0 Å². The average molecular weight is 448 g/mol. The maximum Gasteiger partial charge on any atom is 0.123 e. The first kappa shape index (κ1) is 22.1. The van der Waals surface area contributed by atoms with Gasteiger partial charge in [0, 0.05) is 81.6 Å². The van der Waals surface area contributed by atoms with E-state index in [1.807, 2.05) is 23.9 Å². The topological polar surface area (TPSA) is 66.7 Å². The van der Waals surface area contributed by atoms with Crippen molar-refractivity contribution in [3.63, 3.8) is 0 Å². The second-order valence-electron chi connectivity index (χ2n) is 9.46. The molecule has 4 heterocycles. The second-order valence-corrected chi connectivity index (χ2v) is 9.46. The number of nitrogens with zero attached hydrogens (tertiary/aromatic N) is 5. The Hall–Kier alpha value is -2.74. The molecule has 2 aliphatic rings. The molecule has 0 aliphatic carbocycles. The number of piperidine rings is 1. The maximum atomic E-state index is 11.1. The molecule has 1 N–H and O–H groups in total. The summed E-state index contributed by atoms with van der Waals surface area (Å²) in [5, 5.41) is 15.6. The molecule has 0 amide bonds. The van der Waals surface area contributed by atoms with Crippen LogP contribution in [0.25, 0.3) is 0 Å². The zero-order valence-corrected chi connectivity index (χ0v) is 19.6. The zero-order chi connectivity index (χ0) is 22.8. The summed E-state index contributed by atoms with van der Waals surface area (Å²) < 4.78 is 7.95. The van der Waals surface area contributed by atoms with Crippen molar-refractivity contribution in [1.82, 2.24) is 24.6 Å². The van der Waals surface area contributed by atoms with Gasteiger partial charge in [-0.05, 0) is 43.5 Å². The van der Waals surface area contributed by atoms with Crippen molar-refractivity contribution in [2.45, 2.75) is 45.0 Å². The number of likely N-dealkylation sites (tertiary alicyclic amines) is 1. The Kier molecular flexibility index (Phi) is 6.19. The molecule has 2 aliphatic heterocycles. The van der Waals surface area contributed by atoms with Crippen LogP contribution in [0.15, 0.2) is 48.9 Å². The quantitative estimate of drug-likeness (QED) is 0.649. The lowest BCUT2D eigenvalue weighted by Gasteiger charge is -2.38. The highest BCUT2D eigenvalue weighted by Gasteiger charge is 2.34. The predicted molar refractivity (Wildman–Crippen MR) is 127 cm³/mol. The Morgan fingerprint density at radius 2 is 1.94 bits per heavy atom. The minimum absolute atomic E-state index is 0.699. The first-order valence-electron chi connectivity index (χ1n) is 11.8. The Balaban J connectivity index is 1.23. The molecule has 0 bridgehead atoms. The molecule has 33 heavy (non-hydrogen) atoms. The molecule has 0 unspecified atom stereocenters. The lowest BCUT2D eigenvalue weighted by atomic mass is 9.85. The van der Waals surface area contributed by atoms with E-state index in [0.29, 0.717) is 6.61 Å². The van der Waals surface area contributed by atoms with Crippen LogP contribution < -0.4 is 4.74 Å². The number of rotatable bonds is 5. The van der Waals surface area contributed by atoms with E-state index in [4.69, 9.17) is 4.74 Å². The monoisotopic (exact) mass is 447 g/mol. The average Bonchev–Trinajstić information content (AvgIpc) is 3.01. The molecule has 174 valence electrons. The summed E-state index contributed by atoms with van der Waals surface area (Å²) in [7, 11) is 1.97. The molecule has 3 aromatic rings. The molecule has 1 fully saturated rings. The van der Waals surface area contributed by atoms with E-state index < -0.39 is 5.60 Å². The molecule has 1 aromatic carbocycles. The highest BCUT2D eigenvalue weighted by atomic mass is 16.5. The van der Waals surface area contributed by atoms with Gasteiger partial charge in [-0.15, -0.1) is 0 Å². The Labute approximate surface area is 195 Å². The third-order valence-electron chi connectivity index (χ3n) is 6.98. The Bertz CT molecular complexity index is 1090. The standard InChI is InChI=1S/C26H33N5O2/c1-20-23(17-29(2)28-20)19-31-12-13-33-25-6-5-21(14-22(25)18-31)16-30-10-7-26(32,8-11-30)24-4-3-9-27-15-24/h3-6,9,14-15,17,32H,7-8,10-13,16,18-19H2,1-2H3. The van der Waals surface area contributed by atoms with Gasteiger partial charge in [-0.2, -0.15) is 5.10 Å². The maximum absolute atomic E-state index is 11.1. The molecular weight excluding hydrogens is 414 g/mol. The van der Waals surface area contributed by atoms with Gasteiger partial charge in [0.1, 0.15) is 12.4 Å². The number of hydrogen-bond donors (Lipinski definition) is 1. The van der Waals surface area contributed by atoms with Crippen molar-refractivity contribution in [3.8, 4) is 5.75 Å². The number of hydrogen-bond acceptors (Lipinski definition) is 6. The summed E-state index contributed by atoms with van der Waals surface area (Å²) in [5.74, 6) is 0.994. The van der Waals surface area contributed by atoms with Gasteiger partial charge in [-0.3, -0.25) is 19.5 Å². The van der Waals surface area contributed by atoms with Gasteiger partial charge in [0.2, 0.25) is 0 Å². The number of aliphatic hydroxyl groups is 1. The van der Waals surface area contributed by atoms with Crippen LogP contribution >= 0.6 is 0 Å². The van der Waals surface area contributed by atoms with Crippen molar-refractivity contribution in [2.75, 3.05) is 26.2 Å². The summed E-state index contributed by atoms with van der Waals surface area (Å²) in [6, 6.07) is 10.5. The number of pyridine rings is 1. The summed E-state index contributed by atoms with van der Waals surface area (Å²) in [4.78, 5) is 9.06. The lowest BCUT2D eigenvalue weighted by Crippen LogP contribution is -2.42. The summed E-state index contributed by atoms with van der Waals surface area (Å²) in [6.07, 6.45) is 7.11. The molecule has 0 saturated carbocycles. The van der Waals surface area contributed by atoms with Crippen LogP contribution in [0, 0.1) is 6.92 Å². The van der Waals surface area contributed by atoms with Gasteiger partial charge in [-0.1, -0.05) is 12.1 Å². The van der Waals surface area contributed by atoms with Gasteiger partial charge in [0.15, 0.2) is 0 Å². The number of ether oxygens (including phenoxy) is 1. The number of fused-ring (bicyclic) bond motifs is 1. The van der Waals surface area contributed by atoms with Crippen LogP contribution in [0.4, 0.5) is 0 Å². The molecule has 0 spiro atoms. The molecule has 1 saturated heterocycles. The SMILES string of the molecule is Cc1nn(C)cc1CN1CCOc2ccc(CN3CCC(O)(c4cccnc4)CC3)cc2C1. The smallest absolute Gasteiger partial charge is 0.123 e. The summed E-state index contributed by atoms with van der Waals surface area (Å²) in [5.41, 5.74) is 5.06. The number of aromatic nitrogens is 3. The minimum Gasteiger partial charge on any atom is -0.492 e. The van der Waals surface area contributed by atoms with E-state index in [2.05, 4.69) is 51.2 Å². The molecule has 7 heteroatoms. The summed E-state index contributed by atoms with van der Waals surface area (Å²) >= 11 is 0.